The third-order valence-corrected chi connectivity index (χ3v) is 10.8. The summed E-state index contributed by atoms with van der Waals surface area (Å²) in [5, 5.41) is 4.51. The number of anilines is 2. The van der Waals surface area contributed by atoms with E-state index in [9.17, 15) is 14.4 Å². The predicted octanol–water partition coefficient (Wildman–Crippen LogP) is 8.98. The maximum Gasteiger partial charge on any atom is 0.333 e. The summed E-state index contributed by atoms with van der Waals surface area (Å²) in [6.07, 6.45) is 9.44. The van der Waals surface area contributed by atoms with Crippen LogP contribution in [0.1, 0.15) is 65.5 Å². The summed E-state index contributed by atoms with van der Waals surface area (Å²) >= 11 is 6.43. The van der Waals surface area contributed by atoms with Gasteiger partial charge in [-0.3, -0.25) is 19.4 Å². The average molecular weight is 692 g/mol. The first kappa shape index (κ1) is 34.8. The monoisotopic (exact) mass is 691 g/mol. The highest BCUT2D eigenvalue weighted by Gasteiger charge is 2.43. The van der Waals surface area contributed by atoms with E-state index in [1.807, 2.05) is 42.5 Å². The molecule has 0 unspecified atom stereocenters. The van der Waals surface area contributed by atoms with Crippen molar-refractivity contribution >= 4 is 46.5 Å². The normalized spacial score (nSPS) is 22.9. The van der Waals surface area contributed by atoms with Gasteiger partial charge >= 0.3 is 6.03 Å². The zero-order valence-corrected chi connectivity index (χ0v) is 30.6. The topological polar surface area (TPSA) is 113 Å². The first-order valence-electron chi connectivity index (χ1n) is 16.9. The molecule has 258 valence electrons. The molecule has 1 saturated carbocycles. The number of halogens is 1. The Morgan fingerprint density at radius 2 is 1.24 bits per heavy atom. The number of allylic oxidation sites excluding steroid dienone is 9. The third-order valence-electron chi connectivity index (χ3n) is 10.6. The lowest BCUT2D eigenvalue weighted by molar-refractivity contribution is -0.134. The van der Waals surface area contributed by atoms with Gasteiger partial charge < -0.3 is 9.80 Å². The van der Waals surface area contributed by atoms with E-state index in [0.29, 0.717) is 35.7 Å². The standard InChI is InChI=1S/C39H42ClN7O3/c1-9-46-29-17-15-25(40)21-27(29)38(3,4)31(46)19-13-23-11-12-24(33(23)34-35(48)44(7)37(50)45(8)36(34)49)14-20-32-39(5,6)28-22-26(42-43-41)16-18-30(28)47(32)10-2/h13-22H,9-12H2,1-8H3/b23-13+,24-14+,31-19+,32-20+. The van der Waals surface area contributed by atoms with E-state index in [4.69, 9.17) is 17.1 Å². The maximum absolute atomic E-state index is 13.8. The summed E-state index contributed by atoms with van der Waals surface area (Å²) < 4.78 is 0. The zero-order valence-electron chi connectivity index (χ0n) is 29.8. The van der Waals surface area contributed by atoms with Gasteiger partial charge in [0.2, 0.25) is 0 Å². The van der Waals surface area contributed by atoms with Gasteiger partial charge in [-0.15, -0.1) is 0 Å². The minimum atomic E-state index is -0.658. The SMILES string of the molecule is CCN1/C(=C/C=C2\CC/C(=C\C=C3\N(CC)c4ccc(N=[N+]=[N-])cc4C3(C)C)C2=C2C(=O)N(C)C(=O)N(C)C2=O)C(C)(C)c2cc(Cl)ccc21. The molecule has 0 bridgehead atoms. The first-order chi connectivity index (χ1) is 23.7. The predicted molar refractivity (Wildman–Crippen MR) is 198 cm³/mol. The van der Waals surface area contributed by atoms with E-state index in [-0.39, 0.29) is 11.0 Å². The number of carbonyl (C=O) groups excluding carboxylic acids is 3. The molecule has 4 amide bonds. The molecule has 3 heterocycles. The molecular weight excluding hydrogens is 650 g/mol. The number of nitrogens with zero attached hydrogens (tertiary/aromatic N) is 7. The lowest BCUT2D eigenvalue weighted by Crippen LogP contribution is -2.53. The Morgan fingerprint density at radius 1 is 0.760 bits per heavy atom. The molecule has 2 aromatic carbocycles. The van der Waals surface area contributed by atoms with Crippen LogP contribution >= 0.6 is 11.6 Å². The number of urea groups is 1. The highest BCUT2D eigenvalue weighted by atomic mass is 35.5. The van der Waals surface area contributed by atoms with Crippen LogP contribution in [0.25, 0.3) is 10.4 Å². The van der Waals surface area contributed by atoms with E-state index in [2.05, 4.69) is 79.6 Å². The summed E-state index contributed by atoms with van der Waals surface area (Å²) in [4.78, 5) is 49.7. The Bertz CT molecular complexity index is 2040. The van der Waals surface area contributed by atoms with Crippen LogP contribution in [0.4, 0.5) is 21.9 Å². The maximum atomic E-state index is 13.8. The molecule has 4 aliphatic rings. The number of azide groups is 1. The molecular formula is C39H42ClN7O3. The number of amides is 4. The van der Waals surface area contributed by atoms with Crippen molar-refractivity contribution in [1.82, 2.24) is 9.80 Å². The summed E-state index contributed by atoms with van der Waals surface area (Å²) in [6.45, 7) is 14.3. The number of carbonyl (C=O) groups is 3. The molecule has 10 nitrogen and oxygen atoms in total. The van der Waals surface area contributed by atoms with Gasteiger partial charge in [0, 0.05) is 76.4 Å². The van der Waals surface area contributed by atoms with Crippen molar-refractivity contribution in [3.8, 4) is 0 Å². The van der Waals surface area contributed by atoms with Crippen molar-refractivity contribution < 1.29 is 14.4 Å². The van der Waals surface area contributed by atoms with Crippen LogP contribution in [0, 0.1) is 0 Å². The smallest absolute Gasteiger partial charge is 0.333 e. The number of fused-ring (bicyclic) bond motifs is 2. The van der Waals surface area contributed by atoms with Crippen molar-refractivity contribution in [3.63, 3.8) is 0 Å². The quantitative estimate of drug-likeness (QED) is 0.102. The number of imide groups is 2. The lowest BCUT2D eigenvalue weighted by Gasteiger charge is -2.30. The van der Waals surface area contributed by atoms with E-state index in [1.54, 1.807) is 0 Å². The minimum Gasteiger partial charge on any atom is -0.344 e. The number of rotatable bonds is 5. The van der Waals surface area contributed by atoms with E-state index in [1.165, 1.54) is 14.1 Å². The van der Waals surface area contributed by atoms with Gasteiger partial charge in [0.05, 0.1) is 0 Å². The third kappa shape index (κ3) is 5.34. The summed E-state index contributed by atoms with van der Waals surface area (Å²) in [6, 6.07) is 11.0. The minimum absolute atomic E-state index is 0.00480. The number of hydrogen-bond acceptors (Lipinski definition) is 6. The number of hydrogen-bond donors (Lipinski definition) is 0. The summed E-state index contributed by atoms with van der Waals surface area (Å²) in [5.74, 6) is -1.22. The van der Waals surface area contributed by atoms with Crippen molar-refractivity contribution in [2.45, 2.75) is 65.2 Å². The van der Waals surface area contributed by atoms with Crippen LogP contribution in [-0.4, -0.2) is 54.8 Å². The lowest BCUT2D eigenvalue weighted by atomic mass is 9.83. The fourth-order valence-electron chi connectivity index (χ4n) is 7.88. The van der Waals surface area contributed by atoms with Crippen molar-refractivity contribution in [2.75, 3.05) is 37.0 Å². The van der Waals surface area contributed by atoms with Crippen LogP contribution < -0.4 is 9.80 Å². The molecule has 0 spiro atoms. The van der Waals surface area contributed by atoms with Gasteiger partial charge in [0.1, 0.15) is 5.57 Å². The molecule has 2 aromatic rings. The summed E-state index contributed by atoms with van der Waals surface area (Å²) in [7, 11) is 2.81. The Kier molecular flexibility index (Phi) is 8.83. The van der Waals surface area contributed by atoms with Crippen LogP contribution in [0.3, 0.4) is 0 Å². The largest absolute Gasteiger partial charge is 0.344 e. The fourth-order valence-corrected chi connectivity index (χ4v) is 8.06. The Labute approximate surface area is 298 Å². The highest BCUT2D eigenvalue weighted by Crippen LogP contribution is 2.51. The number of barbiturate groups is 1. The van der Waals surface area contributed by atoms with Gasteiger partial charge in [0.25, 0.3) is 11.8 Å². The second kappa shape index (κ2) is 12.7. The highest BCUT2D eigenvalue weighted by molar-refractivity contribution is 6.31. The molecule has 2 fully saturated rings. The zero-order chi connectivity index (χ0) is 36.3. The van der Waals surface area contributed by atoms with Gasteiger partial charge in [-0.05, 0) is 103 Å². The molecule has 0 atom stereocenters. The average Bonchev–Trinajstić information content (AvgIpc) is 3.65. The van der Waals surface area contributed by atoms with E-state index >= 15 is 0 Å². The molecule has 3 aliphatic heterocycles. The molecule has 6 rings (SSSR count). The molecule has 1 aliphatic carbocycles. The van der Waals surface area contributed by atoms with Crippen LogP contribution in [0.15, 0.2) is 99.5 Å². The van der Waals surface area contributed by atoms with Crippen LogP contribution in [-0.2, 0) is 20.4 Å². The van der Waals surface area contributed by atoms with Gasteiger partial charge in [0.15, 0.2) is 0 Å². The molecule has 11 heteroatoms. The second-order valence-electron chi connectivity index (χ2n) is 14.0. The molecule has 0 N–H and O–H groups in total. The Balaban J connectivity index is 1.51. The van der Waals surface area contributed by atoms with Crippen molar-refractivity contribution in [1.29, 1.82) is 0 Å². The van der Waals surface area contributed by atoms with E-state index < -0.39 is 23.3 Å². The van der Waals surface area contributed by atoms with Crippen molar-refractivity contribution in [2.24, 2.45) is 5.11 Å². The van der Waals surface area contributed by atoms with Gasteiger partial charge in [-0.1, -0.05) is 62.6 Å². The van der Waals surface area contributed by atoms with E-state index in [0.717, 1.165) is 61.4 Å². The Hall–Kier alpha value is -5.05. The Morgan fingerprint density at radius 3 is 1.72 bits per heavy atom. The molecule has 50 heavy (non-hydrogen) atoms. The van der Waals surface area contributed by atoms with Crippen LogP contribution in [0.5, 0.6) is 0 Å². The summed E-state index contributed by atoms with van der Waals surface area (Å²) in [5.41, 5.74) is 17.6. The van der Waals surface area contributed by atoms with Gasteiger partial charge in [-0.2, -0.15) is 0 Å². The van der Waals surface area contributed by atoms with Crippen LogP contribution in [0.2, 0.25) is 5.02 Å². The number of likely N-dealkylation sites (N-methyl/N-ethyl adjacent to an activating group) is 4. The molecule has 0 radical (unpaired) electrons. The second-order valence-corrected chi connectivity index (χ2v) is 14.5. The number of benzene rings is 2. The van der Waals surface area contributed by atoms with Crippen molar-refractivity contribution in [3.05, 3.63) is 121 Å². The molecule has 1 saturated heterocycles. The van der Waals surface area contributed by atoms with Gasteiger partial charge in [-0.25, -0.2) is 4.79 Å². The fraction of sp³-hybridized carbons (Fsp3) is 0.359. The first-order valence-corrected chi connectivity index (χ1v) is 17.3. The molecule has 0 aromatic heterocycles.